The van der Waals surface area contributed by atoms with Gasteiger partial charge in [0.2, 0.25) is 0 Å². The average Bonchev–Trinajstić information content (AvgIpc) is 1.99. The number of alkyl halides is 3. The maximum absolute atomic E-state index is 11.6. The molecule has 0 unspecified atom stereocenters. The van der Waals surface area contributed by atoms with E-state index in [9.17, 15) is 13.2 Å². The van der Waals surface area contributed by atoms with Crippen LogP contribution in [0.3, 0.4) is 0 Å². The highest BCUT2D eigenvalue weighted by Crippen LogP contribution is 2.19. The topological polar surface area (TPSA) is 18.5 Å². The van der Waals surface area contributed by atoms with Gasteiger partial charge in [-0.3, -0.25) is 4.74 Å². The Labute approximate surface area is 85.6 Å². The van der Waals surface area contributed by atoms with Gasteiger partial charge in [-0.25, -0.2) is 0 Å². The quantitative estimate of drug-likeness (QED) is 0.728. The molecule has 84 valence electrons. The highest BCUT2D eigenvalue weighted by atomic mass is 19.4. The van der Waals surface area contributed by atoms with Gasteiger partial charge in [0.05, 0.1) is 0 Å². The molecule has 0 amide bonds. The lowest BCUT2D eigenvalue weighted by molar-refractivity contribution is -0.341. The molecule has 0 aliphatic rings. The molecular formula is C10H11F3O2. The van der Waals surface area contributed by atoms with Crippen molar-refractivity contribution in [3.05, 3.63) is 29.3 Å². The summed E-state index contributed by atoms with van der Waals surface area (Å²) in [5, 5.41) is 0. The number of hydrogen-bond acceptors (Lipinski definition) is 2. The van der Waals surface area contributed by atoms with Crippen LogP contribution < -0.4 is 4.74 Å². The van der Waals surface area contributed by atoms with E-state index in [0.29, 0.717) is 5.75 Å². The third-order valence-electron chi connectivity index (χ3n) is 1.64. The Morgan fingerprint density at radius 3 is 2.07 bits per heavy atom. The van der Waals surface area contributed by atoms with E-state index in [1.165, 1.54) is 0 Å². The van der Waals surface area contributed by atoms with Crippen LogP contribution in [0.15, 0.2) is 18.2 Å². The van der Waals surface area contributed by atoms with E-state index < -0.39 is 13.2 Å². The molecule has 0 N–H and O–H groups in total. The Morgan fingerprint density at radius 2 is 1.60 bits per heavy atom. The molecule has 1 rings (SSSR count). The van der Waals surface area contributed by atoms with Crippen LogP contribution >= 0.6 is 0 Å². The minimum atomic E-state index is -4.65. The van der Waals surface area contributed by atoms with Crippen LogP contribution in [0.2, 0.25) is 0 Å². The second-order valence-electron chi connectivity index (χ2n) is 3.18. The van der Waals surface area contributed by atoms with Crippen LogP contribution in [0.5, 0.6) is 5.75 Å². The van der Waals surface area contributed by atoms with E-state index in [2.05, 4.69) is 4.74 Å². The van der Waals surface area contributed by atoms with Crippen LogP contribution in [0.25, 0.3) is 0 Å². The summed E-state index contributed by atoms with van der Waals surface area (Å²) in [6.45, 7) is 2.85. The minimum Gasteiger partial charge on any atom is -0.467 e. The lowest BCUT2D eigenvalue weighted by atomic mass is 10.1. The summed E-state index contributed by atoms with van der Waals surface area (Å²) in [5.74, 6) is 0.372. The largest absolute Gasteiger partial charge is 0.525 e. The predicted octanol–water partition coefficient (Wildman–Crippen LogP) is 3.18. The first-order valence-corrected chi connectivity index (χ1v) is 4.28. The van der Waals surface area contributed by atoms with Gasteiger partial charge < -0.3 is 4.74 Å². The van der Waals surface area contributed by atoms with Gasteiger partial charge in [-0.05, 0) is 37.1 Å². The van der Waals surface area contributed by atoms with Gasteiger partial charge in [-0.1, -0.05) is 6.07 Å². The second kappa shape index (κ2) is 4.53. The van der Waals surface area contributed by atoms with E-state index in [1.807, 2.05) is 19.9 Å². The normalized spacial score (nSPS) is 11.5. The number of aryl methyl sites for hydroxylation is 2. The van der Waals surface area contributed by atoms with Gasteiger partial charge in [-0.2, -0.15) is 0 Å². The minimum absolute atomic E-state index is 0.372. The summed E-state index contributed by atoms with van der Waals surface area (Å²) in [7, 11) is 0. The van der Waals surface area contributed by atoms with E-state index in [4.69, 9.17) is 4.74 Å². The van der Waals surface area contributed by atoms with Gasteiger partial charge in [0, 0.05) is 0 Å². The Hall–Kier alpha value is -1.23. The molecule has 0 bridgehead atoms. The van der Waals surface area contributed by atoms with Crippen molar-refractivity contribution < 1.29 is 22.6 Å². The first-order chi connectivity index (χ1) is 6.87. The zero-order valence-electron chi connectivity index (χ0n) is 8.39. The van der Waals surface area contributed by atoms with Crippen molar-refractivity contribution in [1.29, 1.82) is 0 Å². The fraction of sp³-hybridized carbons (Fsp3) is 0.400. The summed E-state index contributed by atoms with van der Waals surface area (Å²) in [6.07, 6.45) is -4.65. The predicted molar refractivity (Wildman–Crippen MR) is 48.6 cm³/mol. The zero-order valence-corrected chi connectivity index (χ0v) is 8.39. The molecule has 0 aromatic heterocycles. The number of hydrogen-bond donors (Lipinski definition) is 0. The van der Waals surface area contributed by atoms with E-state index in [1.54, 1.807) is 12.1 Å². The maximum atomic E-state index is 11.6. The van der Waals surface area contributed by atoms with Gasteiger partial charge >= 0.3 is 6.36 Å². The van der Waals surface area contributed by atoms with Gasteiger partial charge in [-0.15, -0.1) is 13.2 Å². The van der Waals surface area contributed by atoms with Crippen molar-refractivity contribution in [2.75, 3.05) is 6.79 Å². The van der Waals surface area contributed by atoms with Crippen molar-refractivity contribution in [3.63, 3.8) is 0 Å². The molecule has 0 atom stereocenters. The smallest absolute Gasteiger partial charge is 0.467 e. The summed E-state index contributed by atoms with van der Waals surface area (Å²) in [4.78, 5) is 0. The third-order valence-corrected chi connectivity index (χ3v) is 1.64. The molecule has 0 saturated heterocycles. The number of halogens is 3. The Morgan fingerprint density at radius 1 is 1.07 bits per heavy atom. The first-order valence-electron chi connectivity index (χ1n) is 4.28. The standard InChI is InChI=1S/C10H11F3O2/c1-7-3-8(2)5-9(4-7)14-6-15-10(11,12)13/h3-5H,6H2,1-2H3. The number of ether oxygens (including phenoxy) is 2. The summed E-state index contributed by atoms with van der Waals surface area (Å²) in [6, 6.07) is 5.19. The Balaban J connectivity index is 2.51. The molecule has 0 radical (unpaired) electrons. The van der Waals surface area contributed by atoms with Gasteiger partial charge in [0.15, 0.2) is 6.79 Å². The molecule has 0 aliphatic heterocycles. The molecule has 0 spiro atoms. The Bertz CT molecular complexity index is 314. The van der Waals surface area contributed by atoms with Crippen LogP contribution in [-0.4, -0.2) is 13.2 Å². The highest BCUT2D eigenvalue weighted by molar-refractivity contribution is 5.32. The highest BCUT2D eigenvalue weighted by Gasteiger charge is 2.29. The summed E-state index contributed by atoms with van der Waals surface area (Å²) in [5.41, 5.74) is 1.86. The molecule has 0 aliphatic carbocycles. The summed E-state index contributed by atoms with van der Waals surface area (Å²) >= 11 is 0. The van der Waals surface area contributed by atoms with E-state index in [0.717, 1.165) is 11.1 Å². The lowest BCUT2D eigenvalue weighted by Gasteiger charge is -2.10. The summed E-state index contributed by atoms with van der Waals surface area (Å²) < 4.78 is 43.1. The molecule has 2 nitrogen and oxygen atoms in total. The molecule has 0 saturated carbocycles. The van der Waals surface area contributed by atoms with Gasteiger partial charge in [0.1, 0.15) is 5.75 Å². The average molecular weight is 220 g/mol. The van der Waals surface area contributed by atoms with Gasteiger partial charge in [0.25, 0.3) is 0 Å². The molecule has 1 aromatic carbocycles. The third kappa shape index (κ3) is 4.69. The molecule has 5 heteroatoms. The second-order valence-corrected chi connectivity index (χ2v) is 3.18. The SMILES string of the molecule is Cc1cc(C)cc(OCOC(F)(F)F)c1. The van der Waals surface area contributed by atoms with Crippen molar-refractivity contribution in [2.24, 2.45) is 0 Å². The van der Waals surface area contributed by atoms with Crippen LogP contribution in [0, 0.1) is 13.8 Å². The molecule has 0 heterocycles. The molecule has 0 fully saturated rings. The van der Waals surface area contributed by atoms with Crippen LogP contribution in [0.4, 0.5) is 13.2 Å². The Kier molecular flexibility index (Phi) is 3.57. The number of benzene rings is 1. The molecule has 15 heavy (non-hydrogen) atoms. The monoisotopic (exact) mass is 220 g/mol. The van der Waals surface area contributed by atoms with Crippen LogP contribution in [0.1, 0.15) is 11.1 Å². The van der Waals surface area contributed by atoms with Crippen molar-refractivity contribution in [1.82, 2.24) is 0 Å². The van der Waals surface area contributed by atoms with Crippen LogP contribution in [-0.2, 0) is 4.74 Å². The fourth-order valence-corrected chi connectivity index (χ4v) is 1.18. The zero-order chi connectivity index (χ0) is 11.5. The fourth-order valence-electron chi connectivity index (χ4n) is 1.18. The van der Waals surface area contributed by atoms with Crippen molar-refractivity contribution in [2.45, 2.75) is 20.2 Å². The number of rotatable bonds is 3. The van der Waals surface area contributed by atoms with Crippen molar-refractivity contribution >= 4 is 0 Å². The maximum Gasteiger partial charge on any atom is 0.525 e. The molecule has 1 aromatic rings. The molecular weight excluding hydrogens is 209 g/mol. The van der Waals surface area contributed by atoms with Crippen molar-refractivity contribution in [3.8, 4) is 5.75 Å². The van der Waals surface area contributed by atoms with E-state index >= 15 is 0 Å². The van der Waals surface area contributed by atoms with E-state index in [-0.39, 0.29) is 0 Å². The first kappa shape index (κ1) is 11.8. The lowest BCUT2D eigenvalue weighted by Crippen LogP contribution is -2.17.